The average molecular weight is 429 g/mol. The van der Waals surface area contributed by atoms with Gasteiger partial charge in [0.05, 0.1) is 0 Å². The lowest BCUT2D eigenvalue weighted by Gasteiger charge is -2.19. The van der Waals surface area contributed by atoms with E-state index >= 15 is 0 Å². The molecule has 0 aliphatic carbocycles. The maximum absolute atomic E-state index is 12.1. The summed E-state index contributed by atoms with van der Waals surface area (Å²) in [5.74, 6) is -2.89. The predicted octanol–water partition coefficient (Wildman–Crippen LogP) is 1.89. The number of ether oxygens (including phenoxy) is 2. The molecule has 1 aliphatic rings. The van der Waals surface area contributed by atoms with Crippen LogP contribution in [0.3, 0.4) is 0 Å². The summed E-state index contributed by atoms with van der Waals surface area (Å²) in [7, 11) is 0. The van der Waals surface area contributed by atoms with Crippen molar-refractivity contribution in [2.75, 3.05) is 6.61 Å². The normalized spacial score (nSPS) is 19.0. The van der Waals surface area contributed by atoms with Crippen LogP contribution in [-0.4, -0.2) is 47.3 Å². The second kappa shape index (κ2) is 8.84. The fourth-order valence-corrected chi connectivity index (χ4v) is 2.31. The van der Waals surface area contributed by atoms with E-state index in [9.17, 15) is 32.3 Å². The Morgan fingerprint density at radius 3 is 2.40 bits per heavy atom. The molecule has 0 radical (unpaired) electrons. The van der Waals surface area contributed by atoms with Crippen LogP contribution in [0.5, 0.6) is 5.75 Å². The molecule has 1 aliphatic heterocycles. The van der Waals surface area contributed by atoms with Gasteiger partial charge >= 0.3 is 18.4 Å². The molecule has 2 N–H and O–H groups in total. The highest BCUT2D eigenvalue weighted by Gasteiger charge is 2.47. The molecule has 0 aromatic heterocycles. The highest BCUT2D eigenvalue weighted by molar-refractivity contribution is 6.07. The summed E-state index contributed by atoms with van der Waals surface area (Å²) in [5.41, 5.74) is 1.29. The number of amides is 4. The highest BCUT2D eigenvalue weighted by atomic mass is 19.4. The van der Waals surface area contributed by atoms with Crippen LogP contribution in [0.15, 0.2) is 30.3 Å². The van der Waals surface area contributed by atoms with Gasteiger partial charge in [-0.3, -0.25) is 15.0 Å². The van der Waals surface area contributed by atoms with Crippen molar-refractivity contribution < 1.29 is 41.8 Å². The summed E-state index contributed by atoms with van der Waals surface area (Å²) in [5, 5.41) is 2.95. The lowest BCUT2D eigenvalue weighted by Crippen LogP contribution is -2.49. The summed E-state index contributed by atoms with van der Waals surface area (Å²) in [6.45, 7) is 2.43. The van der Waals surface area contributed by atoms with E-state index in [1.807, 2.05) is 5.43 Å². The van der Waals surface area contributed by atoms with Gasteiger partial charge in [-0.2, -0.15) is 5.01 Å². The molecular formula is C18H18F3N3O6. The number of nitrogens with zero attached hydrogens (tertiary/aromatic N) is 1. The van der Waals surface area contributed by atoms with Gasteiger partial charge in [-0.15, -0.1) is 13.2 Å². The summed E-state index contributed by atoms with van der Waals surface area (Å²) in [4.78, 5) is 47.4. The summed E-state index contributed by atoms with van der Waals surface area (Å²) in [6.07, 6.45) is -2.29. The molecule has 30 heavy (non-hydrogen) atoms. The van der Waals surface area contributed by atoms with Crippen LogP contribution in [-0.2, 0) is 19.1 Å². The summed E-state index contributed by atoms with van der Waals surface area (Å²) < 4.78 is 44.7. The van der Waals surface area contributed by atoms with Gasteiger partial charge in [-0.05, 0) is 37.1 Å². The smallest absolute Gasteiger partial charge is 0.452 e. The largest absolute Gasteiger partial charge is 0.573 e. The van der Waals surface area contributed by atoms with Crippen LogP contribution in [0.2, 0.25) is 0 Å². The number of alkyl halides is 3. The molecule has 1 fully saturated rings. The number of rotatable bonds is 7. The van der Waals surface area contributed by atoms with Crippen LogP contribution in [0.25, 0.3) is 6.08 Å². The number of benzene rings is 1. The minimum absolute atomic E-state index is 0.313. The van der Waals surface area contributed by atoms with Crippen molar-refractivity contribution in [3.63, 3.8) is 0 Å². The number of imide groups is 1. The van der Waals surface area contributed by atoms with E-state index in [0.717, 1.165) is 18.2 Å². The lowest BCUT2D eigenvalue weighted by atomic mass is 10.00. The Labute approximate surface area is 168 Å². The van der Waals surface area contributed by atoms with Crippen molar-refractivity contribution >= 4 is 29.9 Å². The van der Waals surface area contributed by atoms with Crippen molar-refractivity contribution in [3.8, 4) is 5.75 Å². The Balaban J connectivity index is 1.82. The number of hydrogen-bond donors (Lipinski definition) is 2. The molecule has 1 atom stereocenters. The molecule has 0 bridgehead atoms. The molecule has 162 valence electrons. The van der Waals surface area contributed by atoms with Crippen molar-refractivity contribution in [2.45, 2.75) is 32.2 Å². The number of urea groups is 1. The third kappa shape index (κ3) is 5.96. The first kappa shape index (κ1) is 22.7. The van der Waals surface area contributed by atoms with Crippen molar-refractivity contribution in [2.24, 2.45) is 0 Å². The number of hydrazine groups is 1. The minimum atomic E-state index is -4.81. The second-order valence-corrected chi connectivity index (χ2v) is 6.35. The molecule has 1 unspecified atom stereocenters. The van der Waals surface area contributed by atoms with Crippen LogP contribution >= 0.6 is 0 Å². The number of esters is 1. The number of carbonyl (C=O) groups is 4. The molecule has 1 aromatic rings. The van der Waals surface area contributed by atoms with E-state index in [1.54, 1.807) is 6.92 Å². The number of nitrogens with one attached hydrogen (secondary N) is 2. The van der Waals surface area contributed by atoms with E-state index in [0.29, 0.717) is 17.0 Å². The van der Waals surface area contributed by atoms with E-state index in [-0.39, 0.29) is 0 Å². The number of carbonyl (C=O) groups excluding carboxylic acids is 4. The molecule has 0 saturated carbocycles. The number of hydrogen-bond acceptors (Lipinski definition) is 6. The van der Waals surface area contributed by atoms with Gasteiger partial charge < -0.3 is 14.8 Å². The van der Waals surface area contributed by atoms with Crippen LogP contribution in [0, 0.1) is 0 Å². The van der Waals surface area contributed by atoms with Gasteiger partial charge in [-0.1, -0.05) is 19.1 Å². The fourth-order valence-electron chi connectivity index (χ4n) is 2.31. The van der Waals surface area contributed by atoms with Crippen molar-refractivity contribution in [1.82, 2.24) is 15.8 Å². The first-order chi connectivity index (χ1) is 13.9. The van der Waals surface area contributed by atoms with Gasteiger partial charge in [-0.25, -0.2) is 9.59 Å². The fraction of sp³-hybridized carbons (Fsp3) is 0.333. The molecular weight excluding hydrogens is 411 g/mol. The molecule has 1 saturated heterocycles. The van der Waals surface area contributed by atoms with Crippen molar-refractivity contribution in [1.29, 1.82) is 0 Å². The van der Waals surface area contributed by atoms with Gasteiger partial charge in [0.15, 0.2) is 6.61 Å². The predicted molar refractivity (Wildman–Crippen MR) is 95.3 cm³/mol. The monoisotopic (exact) mass is 429 g/mol. The maximum Gasteiger partial charge on any atom is 0.573 e. The van der Waals surface area contributed by atoms with Crippen LogP contribution in [0.1, 0.15) is 25.8 Å². The minimum Gasteiger partial charge on any atom is -0.452 e. The molecule has 1 heterocycles. The summed E-state index contributed by atoms with van der Waals surface area (Å²) in [6, 6.07) is 3.88. The van der Waals surface area contributed by atoms with Crippen LogP contribution < -0.4 is 15.5 Å². The zero-order chi connectivity index (χ0) is 22.5. The first-order valence-corrected chi connectivity index (χ1v) is 8.60. The standard InChI is InChI=1S/C18H18F3N3O6/c1-3-17(2)15(27)24(16(28)22-17)23-13(25)10-29-14(26)9-6-11-4-7-12(8-5-11)30-18(19,20)21/h4-9H,3,10H2,1-2H3,(H,22,28)(H,23,25)/b9-6+. The summed E-state index contributed by atoms with van der Waals surface area (Å²) >= 11 is 0. The quantitative estimate of drug-likeness (QED) is 0.389. The van der Waals surface area contributed by atoms with Crippen molar-refractivity contribution in [3.05, 3.63) is 35.9 Å². The molecule has 1 aromatic carbocycles. The molecule has 0 spiro atoms. The first-order valence-electron chi connectivity index (χ1n) is 8.60. The van der Waals surface area contributed by atoms with Gasteiger partial charge in [0.2, 0.25) is 0 Å². The third-order valence-corrected chi connectivity index (χ3v) is 4.08. The Morgan fingerprint density at radius 1 is 1.23 bits per heavy atom. The Morgan fingerprint density at radius 2 is 1.87 bits per heavy atom. The van der Waals surface area contributed by atoms with E-state index in [1.165, 1.54) is 25.1 Å². The Hall–Kier alpha value is -3.57. The zero-order valence-electron chi connectivity index (χ0n) is 15.9. The van der Waals surface area contributed by atoms with E-state index in [2.05, 4.69) is 10.1 Å². The molecule has 12 heteroatoms. The van der Waals surface area contributed by atoms with Gasteiger partial charge in [0, 0.05) is 6.08 Å². The third-order valence-electron chi connectivity index (χ3n) is 4.08. The molecule has 9 nitrogen and oxygen atoms in total. The maximum atomic E-state index is 12.1. The van der Waals surface area contributed by atoms with Crippen LogP contribution in [0.4, 0.5) is 18.0 Å². The second-order valence-electron chi connectivity index (χ2n) is 6.35. The Kier molecular flexibility index (Phi) is 6.70. The van der Waals surface area contributed by atoms with Gasteiger partial charge in [0.1, 0.15) is 11.3 Å². The average Bonchev–Trinajstić information content (AvgIpc) is 2.88. The topological polar surface area (TPSA) is 114 Å². The lowest BCUT2D eigenvalue weighted by molar-refractivity contribution is -0.274. The Bertz CT molecular complexity index is 869. The SMILES string of the molecule is CCC1(C)NC(=O)N(NC(=O)COC(=O)/C=C/c2ccc(OC(F)(F)F)cc2)C1=O. The molecule has 2 rings (SSSR count). The van der Waals surface area contributed by atoms with Gasteiger partial charge in [0.25, 0.3) is 11.8 Å². The molecule has 4 amide bonds. The van der Waals surface area contributed by atoms with E-state index < -0.39 is 48.1 Å². The zero-order valence-corrected chi connectivity index (χ0v) is 15.9. The number of halogens is 3. The van der Waals surface area contributed by atoms with E-state index in [4.69, 9.17) is 4.74 Å². The highest BCUT2D eigenvalue weighted by Crippen LogP contribution is 2.23.